The molecule has 1 N–H and O–H groups in total. The van der Waals surface area contributed by atoms with Crippen molar-refractivity contribution in [2.45, 2.75) is 12.8 Å². The minimum atomic E-state index is -0.0595. The quantitative estimate of drug-likeness (QED) is 0.766. The van der Waals surface area contributed by atoms with E-state index in [0.717, 1.165) is 35.7 Å². The summed E-state index contributed by atoms with van der Waals surface area (Å²) < 4.78 is 0. The normalized spacial score (nSPS) is 15.8. The molecule has 0 aromatic carbocycles. The van der Waals surface area contributed by atoms with Gasteiger partial charge in [0.1, 0.15) is 0 Å². The highest BCUT2D eigenvalue weighted by Crippen LogP contribution is 2.17. The van der Waals surface area contributed by atoms with Crippen molar-refractivity contribution in [1.29, 1.82) is 0 Å². The minimum Gasteiger partial charge on any atom is -0.352 e. The molecule has 0 atom stereocenters. The molecule has 26 heavy (non-hydrogen) atoms. The fraction of sp³-hybridized carbons (Fsp3) is 0.300. The monoisotopic (exact) mass is 386 g/mol. The van der Waals surface area contributed by atoms with Crippen LogP contribution in [-0.4, -0.2) is 36.3 Å². The van der Waals surface area contributed by atoms with Crippen molar-refractivity contribution < 1.29 is 9.59 Å². The number of carbonyl (C=O) groups is 2. The number of thiophene rings is 2. The topological polar surface area (TPSA) is 49.4 Å². The average molecular weight is 387 g/mol. The number of carbonyl (C=O) groups excluding carboxylic acids is 2. The molecular weight excluding hydrogens is 364 g/mol. The first kappa shape index (κ1) is 18.6. The highest BCUT2D eigenvalue weighted by atomic mass is 32.1. The van der Waals surface area contributed by atoms with E-state index >= 15 is 0 Å². The van der Waals surface area contributed by atoms with Gasteiger partial charge >= 0.3 is 0 Å². The van der Waals surface area contributed by atoms with E-state index in [4.69, 9.17) is 0 Å². The van der Waals surface area contributed by atoms with E-state index in [9.17, 15) is 9.59 Å². The third kappa shape index (κ3) is 5.68. The molecule has 4 nitrogen and oxygen atoms in total. The summed E-state index contributed by atoms with van der Waals surface area (Å²) in [5, 5.41) is 6.95. The second kappa shape index (κ2) is 9.50. The van der Waals surface area contributed by atoms with Gasteiger partial charge in [0.15, 0.2) is 0 Å². The molecule has 1 fully saturated rings. The molecule has 1 aliphatic rings. The molecule has 6 heteroatoms. The Labute approximate surface area is 161 Å². The molecule has 3 rings (SSSR count). The number of nitrogens with one attached hydrogen (secondary N) is 1. The van der Waals surface area contributed by atoms with Crippen LogP contribution in [0.3, 0.4) is 0 Å². The summed E-state index contributed by atoms with van der Waals surface area (Å²) in [6, 6.07) is 7.92. The van der Waals surface area contributed by atoms with Gasteiger partial charge in [-0.1, -0.05) is 12.1 Å². The second-order valence-corrected chi connectivity index (χ2v) is 8.17. The van der Waals surface area contributed by atoms with Crippen molar-refractivity contribution in [3.05, 3.63) is 56.9 Å². The fourth-order valence-corrected chi connectivity index (χ4v) is 4.09. The van der Waals surface area contributed by atoms with E-state index in [1.807, 2.05) is 52.1 Å². The molecule has 0 spiro atoms. The summed E-state index contributed by atoms with van der Waals surface area (Å²) in [6.07, 6.45) is 8.80. The molecule has 1 saturated heterocycles. The Kier molecular flexibility index (Phi) is 6.80. The molecule has 2 aromatic rings. The first-order valence-corrected chi connectivity index (χ1v) is 10.5. The highest BCUT2D eigenvalue weighted by molar-refractivity contribution is 7.11. The van der Waals surface area contributed by atoms with E-state index in [1.54, 1.807) is 34.8 Å². The van der Waals surface area contributed by atoms with Crippen LogP contribution in [0.5, 0.6) is 0 Å². The number of nitrogens with zero attached hydrogens (tertiary/aromatic N) is 1. The lowest BCUT2D eigenvalue weighted by atomic mass is 9.96. The van der Waals surface area contributed by atoms with E-state index in [0.29, 0.717) is 12.5 Å². The van der Waals surface area contributed by atoms with Gasteiger partial charge in [0.2, 0.25) is 11.8 Å². The molecule has 2 aromatic heterocycles. The molecule has 3 heterocycles. The minimum absolute atomic E-state index is 0.0595. The molecular formula is C20H22N2O2S2. The molecule has 136 valence electrons. The number of hydrogen-bond acceptors (Lipinski definition) is 4. The number of hydrogen-bond donors (Lipinski definition) is 1. The fourth-order valence-electron chi connectivity index (χ4n) is 2.85. The molecule has 0 radical (unpaired) electrons. The summed E-state index contributed by atoms with van der Waals surface area (Å²) in [4.78, 5) is 28.2. The zero-order valence-corrected chi connectivity index (χ0v) is 16.1. The Balaban J connectivity index is 1.37. The summed E-state index contributed by atoms with van der Waals surface area (Å²) in [5.74, 6) is 0.440. The van der Waals surface area contributed by atoms with Crippen LogP contribution in [-0.2, 0) is 9.59 Å². The summed E-state index contributed by atoms with van der Waals surface area (Å²) in [7, 11) is 0. The van der Waals surface area contributed by atoms with Gasteiger partial charge in [-0.15, -0.1) is 22.7 Å². The Morgan fingerprint density at radius 1 is 1.04 bits per heavy atom. The first-order chi connectivity index (χ1) is 12.7. The zero-order valence-electron chi connectivity index (χ0n) is 14.5. The van der Waals surface area contributed by atoms with Gasteiger partial charge in [-0.25, -0.2) is 0 Å². The van der Waals surface area contributed by atoms with Crippen LogP contribution >= 0.6 is 22.7 Å². The van der Waals surface area contributed by atoms with Gasteiger partial charge in [0.25, 0.3) is 0 Å². The van der Waals surface area contributed by atoms with E-state index in [1.165, 1.54) is 0 Å². The van der Waals surface area contributed by atoms with Gasteiger partial charge in [-0.3, -0.25) is 9.59 Å². The molecule has 0 unspecified atom stereocenters. The summed E-state index contributed by atoms with van der Waals surface area (Å²) in [6.45, 7) is 2.17. The van der Waals surface area contributed by atoms with Crippen LogP contribution in [0, 0.1) is 5.92 Å². The Morgan fingerprint density at radius 2 is 1.65 bits per heavy atom. The zero-order chi connectivity index (χ0) is 18.2. The van der Waals surface area contributed by atoms with Crippen molar-refractivity contribution in [2.24, 2.45) is 5.92 Å². The van der Waals surface area contributed by atoms with E-state index in [-0.39, 0.29) is 11.8 Å². The molecule has 1 aliphatic heterocycles. The number of likely N-dealkylation sites (tertiary alicyclic amines) is 1. The van der Waals surface area contributed by atoms with Crippen molar-refractivity contribution in [3.8, 4) is 0 Å². The Hall–Kier alpha value is -2.18. The second-order valence-electron chi connectivity index (χ2n) is 6.21. The van der Waals surface area contributed by atoms with Gasteiger partial charge in [-0.2, -0.15) is 0 Å². The Morgan fingerprint density at radius 3 is 2.23 bits per heavy atom. The van der Waals surface area contributed by atoms with E-state index in [2.05, 4.69) is 5.32 Å². The van der Waals surface area contributed by atoms with Crippen LogP contribution in [0.1, 0.15) is 22.6 Å². The maximum atomic E-state index is 12.2. The Bertz CT molecular complexity index is 756. The maximum Gasteiger partial charge on any atom is 0.246 e. The van der Waals surface area contributed by atoms with Gasteiger partial charge in [0, 0.05) is 41.5 Å². The largest absolute Gasteiger partial charge is 0.352 e. The number of piperidine rings is 1. The third-order valence-electron chi connectivity index (χ3n) is 4.37. The maximum absolute atomic E-state index is 12.2. The molecule has 0 saturated carbocycles. The van der Waals surface area contributed by atoms with Crippen molar-refractivity contribution in [3.63, 3.8) is 0 Å². The lowest BCUT2D eigenvalue weighted by Gasteiger charge is -2.31. The predicted octanol–water partition coefficient (Wildman–Crippen LogP) is 3.89. The number of amides is 2. The van der Waals surface area contributed by atoms with Crippen molar-refractivity contribution in [2.75, 3.05) is 19.6 Å². The molecule has 0 aliphatic carbocycles. The smallest absolute Gasteiger partial charge is 0.246 e. The van der Waals surface area contributed by atoms with Crippen LogP contribution in [0.2, 0.25) is 0 Å². The number of rotatable bonds is 6. The van der Waals surface area contributed by atoms with Gasteiger partial charge in [-0.05, 0) is 53.8 Å². The lowest BCUT2D eigenvalue weighted by molar-refractivity contribution is -0.127. The standard InChI is InChI=1S/C20H22N2O2S2/c23-19(7-5-17-3-1-13-25-17)21-15-16-9-11-22(12-10-16)20(24)8-6-18-4-2-14-26-18/h1-8,13-14,16H,9-12,15H2,(H,21,23)/b7-5+,8-6+. The third-order valence-corrected chi connectivity index (χ3v) is 6.04. The van der Waals surface area contributed by atoms with Crippen LogP contribution in [0.15, 0.2) is 47.2 Å². The van der Waals surface area contributed by atoms with Crippen LogP contribution in [0.25, 0.3) is 12.2 Å². The summed E-state index contributed by atoms with van der Waals surface area (Å²) >= 11 is 3.23. The predicted molar refractivity (Wildman–Crippen MR) is 109 cm³/mol. The van der Waals surface area contributed by atoms with Crippen LogP contribution in [0.4, 0.5) is 0 Å². The van der Waals surface area contributed by atoms with Crippen molar-refractivity contribution >= 4 is 46.6 Å². The SMILES string of the molecule is O=C(/C=C/c1cccs1)NCC1CCN(C(=O)/C=C/c2cccs2)CC1. The van der Waals surface area contributed by atoms with Crippen LogP contribution < -0.4 is 5.32 Å². The molecule has 2 amide bonds. The first-order valence-electron chi connectivity index (χ1n) is 8.70. The molecule has 0 bridgehead atoms. The average Bonchev–Trinajstić information content (AvgIpc) is 3.37. The van der Waals surface area contributed by atoms with E-state index < -0.39 is 0 Å². The van der Waals surface area contributed by atoms with Crippen molar-refractivity contribution in [1.82, 2.24) is 10.2 Å². The highest BCUT2D eigenvalue weighted by Gasteiger charge is 2.21. The van der Waals surface area contributed by atoms with Gasteiger partial charge in [0.05, 0.1) is 0 Å². The van der Waals surface area contributed by atoms with Gasteiger partial charge < -0.3 is 10.2 Å². The summed E-state index contributed by atoms with van der Waals surface area (Å²) in [5.41, 5.74) is 0. The lowest BCUT2D eigenvalue weighted by Crippen LogP contribution is -2.40.